The lowest BCUT2D eigenvalue weighted by Crippen LogP contribution is -2.15. The van der Waals surface area contributed by atoms with E-state index in [1.165, 1.54) is 161 Å². The van der Waals surface area contributed by atoms with E-state index in [1.54, 1.807) is 0 Å². The van der Waals surface area contributed by atoms with Crippen LogP contribution in [0.4, 0.5) is 0 Å². The molecular weight excluding hydrogens is 561 g/mol. The summed E-state index contributed by atoms with van der Waals surface area (Å²) in [5, 5.41) is 0. The van der Waals surface area contributed by atoms with Gasteiger partial charge in [-0.1, -0.05) is 168 Å². The molecule has 1 atom stereocenters. The van der Waals surface area contributed by atoms with E-state index in [-0.39, 0.29) is 5.97 Å². The molecule has 0 heterocycles. The normalized spacial score (nSPS) is 12.6. The standard InChI is InChI=1S/C39H78N2O2S/c1-4-7-10-13-15-16-17-18-19-20-21-22-24-27-33-43-39(42)32-35-44-34-28-31-38(40)41-36-37(29-25-12-9-6-3)30-26-23-14-11-8-5-2/h37H,4-36H2,1-3H3,(H2,40,41). The fourth-order valence-corrected chi connectivity index (χ4v) is 6.76. The van der Waals surface area contributed by atoms with Gasteiger partial charge in [-0.05, 0) is 37.4 Å². The third-order valence-corrected chi connectivity index (χ3v) is 9.99. The molecule has 2 N–H and O–H groups in total. The first-order valence-electron chi connectivity index (χ1n) is 19.7. The molecule has 0 saturated carbocycles. The van der Waals surface area contributed by atoms with E-state index >= 15 is 0 Å². The molecule has 5 heteroatoms. The number of aliphatic imine (C=N–C) groups is 1. The minimum Gasteiger partial charge on any atom is -0.466 e. The Hall–Kier alpha value is -0.710. The first-order valence-corrected chi connectivity index (χ1v) is 20.8. The van der Waals surface area contributed by atoms with Gasteiger partial charge in [0.05, 0.1) is 18.9 Å². The van der Waals surface area contributed by atoms with E-state index in [9.17, 15) is 4.79 Å². The lowest BCUT2D eigenvalue weighted by Gasteiger charge is -2.15. The van der Waals surface area contributed by atoms with E-state index < -0.39 is 0 Å². The molecule has 0 aromatic carbocycles. The summed E-state index contributed by atoms with van der Waals surface area (Å²) < 4.78 is 5.45. The first kappa shape index (κ1) is 43.3. The average Bonchev–Trinajstić information content (AvgIpc) is 3.02. The largest absolute Gasteiger partial charge is 0.466 e. The quantitative estimate of drug-likeness (QED) is 0.0321. The Morgan fingerprint density at radius 1 is 0.568 bits per heavy atom. The summed E-state index contributed by atoms with van der Waals surface area (Å²) in [6, 6.07) is 0. The van der Waals surface area contributed by atoms with Gasteiger partial charge >= 0.3 is 5.97 Å². The molecule has 0 aliphatic heterocycles. The van der Waals surface area contributed by atoms with E-state index in [2.05, 4.69) is 20.8 Å². The smallest absolute Gasteiger partial charge is 0.306 e. The molecule has 0 aliphatic rings. The van der Waals surface area contributed by atoms with Crippen molar-refractivity contribution in [3.8, 4) is 0 Å². The minimum atomic E-state index is -0.0383. The summed E-state index contributed by atoms with van der Waals surface area (Å²) in [5.74, 6) is 3.35. The first-order chi connectivity index (χ1) is 21.6. The lowest BCUT2D eigenvalue weighted by molar-refractivity contribution is -0.143. The molecule has 0 fully saturated rings. The number of unbranched alkanes of at least 4 members (excludes halogenated alkanes) is 21. The fourth-order valence-electron chi connectivity index (χ4n) is 5.89. The van der Waals surface area contributed by atoms with Crippen molar-refractivity contribution >= 4 is 23.6 Å². The maximum atomic E-state index is 12.0. The molecule has 0 bridgehead atoms. The summed E-state index contributed by atoms with van der Waals surface area (Å²) in [6.07, 6.45) is 37.4. The summed E-state index contributed by atoms with van der Waals surface area (Å²) in [7, 11) is 0. The molecule has 0 aromatic heterocycles. The molecule has 0 saturated heterocycles. The van der Waals surface area contributed by atoms with Gasteiger partial charge < -0.3 is 10.5 Å². The number of nitrogens with two attached hydrogens (primary N) is 1. The monoisotopic (exact) mass is 639 g/mol. The van der Waals surface area contributed by atoms with E-state index in [0.29, 0.717) is 18.9 Å². The van der Waals surface area contributed by atoms with Crippen LogP contribution in [0.15, 0.2) is 4.99 Å². The van der Waals surface area contributed by atoms with Gasteiger partial charge in [0.25, 0.3) is 0 Å². The summed E-state index contributed by atoms with van der Waals surface area (Å²) in [4.78, 5) is 16.8. The van der Waals surface area contributed by atoms with E-state index in [4.69, 9.17) is 15.5 Å². The highest BCUT2D eigenvalue weighted by atomic mass is 32.2. The minimum absolute atomic E-state index is 0.0383. The van der Waals surface area contributed by atoms with Gasteiger partial charge in [0.15, 0.2) is 0 Å². The van der Waals surface area contributed by atoms with Crippen molar-refractivity contribution in [3.05, 3.63) is 0 Å². The van der Waals surface area contributed by atoms with Gasteiger partial charge in [0.2, 0.25) is 0 Å². The van der Waals surface area contributed by atoms with Gasteiger partial charge in [0.1, 0.15) is 0 Å². The second kappa shape index (κ2) is 36.8. The zero-order valence-corrected chi connectivity index (χ0v) is 31.0. The number of hydrogen-bond acceptors (Lipinski definition) is 4. The van der Waals surface area contributed by atoms with Crippen LogP contribution in [0.1, 0.15) is 207 Å². The highest BCUT2D eigenvalue weighted by Gasteiger charge is 2.09. The van der Waals surface area contributed by atoms with Crippen LogP contribution in [0.3, 0.4) is 0 Å². The van der Waals surface area contributed by atoms with Gasteiger partial charge in [-0.2, -0.15) is 11.8 Å². The zero-order chi connectivity index (χ0) is 32.2. The summed E-state index contributed by atoms with van der Waals surface area (Å²) in [6.45, 7) is 8.35. The molecular formula is C39H78N2O2S. The third-order valence-electron chi connectivity index (χ3n) is 8.92. The Morgan fingerprint density at radius 3 is 1.50 bits per heavy atom. The third kappa shape index (κ3) is 34.2. The Labute approximate surface area is 280 Å². The van der Waals surface area contributed by atoms with Crippen LogP contribution in [0.25, 0.3) is 0 Å². The van der Waals surface area contributed by atoms with Crippen molar-refractivity contribution in [1.82, 2.24) is 0 Å². The van der Waals surface area contributed by atoms with E-state index in [1.807, 2.05) is 11.8 Å². The van der Waals surface area contributed by atoms with Gasteiger partial charge in [-0.3, -0.25) is 9.79 Å². The van der Waals surface area contributed by atoms with Crippen LogP contribution in [0.2, 0.25) is 0 Å². The number of rotatable bonds is 36. The van der Waals surface area contributed by atoms with Crippen molar-refractivity contribution < 1.29 is 9.53 Å². The Kier molecular flexibility index (Phi) is 36.2. The molecule has 0 amide bonds. The lowest BCUT2D eigenvalue weighted by atomic mass is 9.94. The number of ether oxygens (including phenoxy) is 1. The van der Waals surface area contributed by atoms with Crippen LogP contribution in [0, 0.1) is 5.92 Å². The van der Waals surface area contributed by atoms with Crippen LogP contribution in [-0.2, 0) is 9.53 Å². The second-order valence-electron chi connectivity index (χ2n) is 13.4. The Bertz CT molecular complexity index is 613. The maximum absolute atomic E-state index is 12.0. The predicted octanol–water partition coefficient (Wildman–Crippen LogP) is 12.6. The number of carbonyl (C=O) groups excluding carboxylic acids is 1. The number of carbonyl (C=O) groups is 1. The fraction of sp³-hybridized carbons (Fsp3) is 0.949. The Balaban J connectivity index is 3.70. The van der Waals surface area contributed by atoms with Crippen molar-refractivity contribution in [2.75, 3.05) is 24.7 Å². The van der Waals surface area contributed by atoms with Gasteiger partial charge in [-0.15, -0.1) is 0 Å². The van der Waals surface area contributed by atoms with Crippen LogP contribution in [-0.4, -0.2) is 36.5 Å². The molecule has 0 spiro atoms. The molecule has 4 nitrogen and oxygen atoms in total. The number of amidine groups is 1. The maximum Gasteiger partial charge on any atom is 0.306 e. The summed E-state index contributed by atoms with van der Waals surface area (Å²) in [5.41, 5.74) is 6.29. The van der Waals surface area contributed by atoms with Crippen molar-refractivity contribution in [2.45, 2.75) is 207 Å². The molecule has 0 rings (SSSR count). The Morgan fingerprint density at radius 2 is 1.00 bits per heavy atom. The second-order valence-corrected chi connectivity index (χ2v) is 14.6. The highest BCUT2D eigenvalue weighted by molar-refractivity contribution is 7.99. The number of thioether (sulfide) groups is 1. The molecule has 0 radical (unpaired) electrons. The molecule has 0 aliphatic carbocycles. The molecule has 0 aromatic rings. The molecule has 1 unspecified atom stereocenters. The summed E-state index contributed by atoms with van der Waals surface area (Å²) >= 11 is 1.84. The van der Waals surface area contributed by atoms with Crippen LogP contribution < -0.4 is 5.73 Å². The number of hydrogen-bond donors (Lipinski definition) is 1. The van der Waals surface area contributed by atoms with Gasteiger partial charge in [-0.25, -0.2) is 0 Å². The number of esters is 1. The van der Waals surface area contributed by atoms with Crippen molar-refractivity contribution in [1.29, 1.82) is 0 Å². The topological polar surface area (TPSA) is 64.7 Å². The van der Waals surface area contributed by atoms with E-state index in [0.717, 1.165) is 43.1 Å². The van der Waals surface area contributed by atoms with Crippen molar-refractivity contribution in [3.63, 3.8) is 0 Å². The molecule has 44 heavy (non-hydrogen) atoms. The molecule has 262 valence electrons. The SMILES string of the molecule is CCCCCCCCCCCCCCCCOC(=O)CCSCCCC(N)=NCC(CCCCCC)CCCCCCCC. The van der Waals surface area contributed by atoms with Crippen molar-refractivity contribution in [2.24, 2.45) is 16.6 Å². The highest BCUT2D eigenvalue weighted by Crippen LogP contribution is 2.20. The van der Waals surface area contributed by atoms with Gasteiger partial charge in [0, 0.05) is 18.7 Å². The van der Waals surface area contributed by atoms with Crippen LogP contribution in [0.5, 0.6) is 0 Å². The average molecular weight is 639 g/mol. The van der Waals surface area contributed by atoms with Crippen LogP contribution >= 0.6 is 11.8 Å². The predicted molar refractivity (Wildman–Crippen MR) is 199 cm³/mol. The zero-order valence-electron chi connectivity index (χ0n) is 30.2. The number of nitrogens with zero attached hydrogens (tertiary/aromatic N) is 1.